The normalized spacial score (nSPS) is 19.6. The fraction of sp³-hybridized carbons (Fsp3) is 1.00. The fourth-order valence-electron chi connectivity index (χ4n) is 3.80. The van der Waals surface area contributed by atoms with Crippen molar-refractivity contribution >= 4 is 8.56 Å². The summed E-state index contributed by atoms with van der Waals surface area (Å²) in [6, 6.07) is 0. The predicted octanol–water partition coefficient (Wildman–Crippen LogP) is 4.64. The van der Waals surface area contributed by atoms with Crippen LogP contribution in [-0.4, -0.2) is 22.8 Å². The number of rotatable bonds is 6. The molecule has 2 nitrogen and oxygen atoms in total. The summed E-state index contributed by atoms with van der Waals surface area (Å²) in [4.78, 5) is 0. The van der Waals surface area contributed by atoms with Gasteiger partial charge < -0.3 is 8.85 Å². The van der Waals surface area contributed by atoms with E-state index in [1.54, 1.807) is 0 Å². The zero-order valence-electron chi connectivity index (χ0n) is 12.3. The van der Waals surface area contributed by atoms with Gasteiger partial charge in [-0.15, -0.1) is 0 Å². The van der Waals surface area contributed by atoms with Gasteiger partial charge in [0, 0.05) is 24.8 Å². The molecule has 0 aromatic rings. The molecule has 1 saturated carbocycles. The van der Waals surface area contributed by atoms with Gasteiger partial charge in [0.1, 0.15) is 0 Å². The highest BCUT2D eigenvalue weighted by atomic mass is 28.4. The molecule has 102 valence electrons. The van der Waals surface area contributed by atoms with Crippen LogP contribution < -0.4 is 0 Å². The Morgan fingerprint density at radius 2 is 1.59 bits per heavy atom. The molecule has 1 fully saturated rings. The summed E-state index contributed by atoms with van der Waals surface area (Å²) in [5, 5.41) is 0.216. The molecule has 0 aliphatic heterocycles. The van der Waals surface area contributed by atoms with E-state index in [2.05, 4.69) is 20.8 Å². The first kappa shape index (κ1) is 15.2. The summed E-state index contributed by atoms with van der Waals surface area (Å²) in [7, 11) is 1.66. The minimum atomic E-state index is -2.09. The monoisotopic (exact) mass is 258 g/mol. The van der Waals surface area contributed by atoms with E-state index in [1.807, 2.05) is 14.2 Å². The Labute approximate surface area is 108 Å². The Kier molecular flexibility index (Phi) is 5.67. The van der Waals surface area contributed by atoms with Gasteiger partial charge in [0.2, 0.25) is 0 Å². The Morgan fingerprint density at radius 3 is 2.00 bits per heavy atom. The van der Waals surface area contributed by atoms with Crippen molar-refractivity contribution in [1.29, 1.82) is 0 Å². The summed E-state index contributed by atoms with van der Waals surface area (Å²) in [6.07, 6.45) is 9.13. The largest absolute Gasteiger partial charge is 0.397 e. The van der Waals surface area contributed by atoms with Gasteiger partial charge in [-0.1, -0.05) is 46.5 Å². The third kappa shape index (κ3) is 2.94. The van der Waals surface area contributed by atoms with Crippen molar-refractivity contribution in [3.8, 4) is 0 Å². The van der Waals surface area contributed by atoms with Crippen molar-refractivity contribution in [2.75, 3.05) is 14.2 Å². The van der Waals surface area contributed by atoms with Crippen molar-refractivity contribution in [1.82, 2.24) is 0 Å². The highest BCUT2D eigenvalue weighted by Gasteiger charge is 2.55. The number of hydrogen-bond acceptors (Lipinski definition) is 2. The van der Waals surface area contributed by atoms with E-state index < -0.39 is 8.56 Å². The highest BCUT2D eigenvalue weighted by Crippen LogP contribution is 2.52. The molecule has 0 radical (unpaired) electrons. The van der Waals surface area contributed by atoms with Crippen LogP contribution in [0.4, 0.5) is 0 Å². The smallest absolute Gasteiger partial charge is 0.346 e. The summed E-state index contributed by atoms with van der Waals surface area (Å²) >= 11 is 0. The highest BCUT2D eigenvalue weighted by molar-refractivity contribution is 6.72. The van der Waals surface area contributed by atoms with Crippen LogP contribution in [0.1, 0.15) is 65.7 Å². The quantitative estimate of drug-likeness (QED) is 0.646. The van der Waals surface area contributed by atoms with E-state index in [0.29, 0.717) is 5.54 Å². The minimum absolute atomic E-state index is 0.216. The second-order valence-corrected chi connectivity index (χ2v) is 10.4. The lowest BCUT2D eigenvalue weighted by molar-refractivity contribution is 0.182. The third-order valence-corrected chi connectivity index (χ3v) is 9.57. The molecule has 17 heavy (non-hydrogen) atoms. The molecule has 0 heterocycles. The topological polar surface area (TPSA) is 18.5 Å². The van der Waals surface area contributed by atoms with Gasteiger partial charge in [-0.25, -0.2) is 0 Å². The first-order valence-corrected chi connectivity index (χ1v) is 9.03. The molecule has 0 bridgehead atoms. The van der Waals surface area contributed by atoms with Gasteiger partial charge >= 0.3 is 8.56 Å². The van der Waals surface area contributed by atoms with E-state index in [-0.39, 0.29) is 5.04 Å². The van der Waals surface area contributed by atoms with E-state index in [9.17, 15) is 0 Å². The minimum Gasteiger partial charge on any atom is -0.397 e. The molecule has 0 atom stereocenters. The average molecular weight is 258 g/mol. The van der Waals surface area contributed by atoms with E-state index in [4.69, 9.17) is 8.85 Å². The maximum absolute atomic E-state index is 6.06. The molecule has 0 spiro atoms. The lowest BCUT2D eigenvalue weighted by Gasteiger charge is -2.47. The van der Waals surface area contributed by atoms with Gasteiger partial charge in [-0.3, -0.25) is 0 Å². The molecule has 0 saturated heterocycles. The third-order valence-electron chi connectivity index (χ3n) is 4.57. The van der Waals surface area contributed by atoms with Crippen molar-refractivity contribution in [3.63, 3.8) is 0 Å². The maximum atomic E-state index is 6.06. The SMILES string of the molecule is CCCC(C)(C)[Si](OC)(OC)C1CCCCC1. The second kappa shape index (κ2) is 6.35. The van der Waals surface area contributed by atoms with Crippen LogP contribution >= 0.6 is 0 Å². The van der Waals surface area contributed by atoms with Gasteiger partial charge in [-0.05, 0) is 19.3 Å². The first-order valence-electron chi connectivity index (χ1n) is 7.14. The van der Waals surface area contributed by atoms with Crippen molar-refractivity contribution in [2.24, 2.45) is 0 Å². The van der Waals surface area contributed by atoms with Crippen LogP contribution in [0.15, 0.2) is 0 Å². The standard InChI is InChI=1S/C14H30O2Si/c1-6-12-14(2,3)17(15-4,16-5)13-10-8-7-9-11-13/h13H,6-12H2,1-5H3. The van der Waals surface area contributed by atoms with Crippen molar-refractivity contribution in [3.05, 3.63) is 0 Å². The molecule has 0 aromatic carbocycles. The van der Waals surface area contributed by atoms with Crippen LogP contribution in [0.25, 0.3) is 0 Å². The van der Waals surface area contributed by atoms with Crippen LogP contribution in [-0.2, 0) is 8.85 Å². The van der Waals surface area contributed by atoms with Gasteiger partial charge in [0.15, 0.2) is 0 Å². The predicted molar refractivity (Wildman–Crippen MR) is 75.6 cm³/mol. The van der Waals surface area contributed by atoms with Gasteiger partial charge in [0.25, 0.3) is 0 Å². The first-order chi connectivity index (χ1) is 8.04. The van der Waals surface area contributed by atoms with Crippen LogP contribution in [0.5, 0.6) is 0 Å². The summed E-state index contributed by atoms with van der Waals surface area (Å²) in [5.74, 6) is 0. The Balaban J connectivity index is 2.93. The zero-order valence-corrected chi connectivity index (χ0v) is 13.3. The zero-order chi connectivity index (χ0) is 12.9. The summed E-state index contributed by atoms with van der Waals surface area (Å²) < 4.78 is 12.1. The molecule has 0 unspecified atom stereocenters. The Bertz CT molecular complexity index is 218. The molecule has 3 heteroatoms. The molecular formula is C14H30O2Si. The van der Waals surface area contributed by atoms with Crippen LogP contribution in [0.2, 0.25) is 10.6 Å². The lowest BCUT2D eigenvalue weighted by atomic mass is 10.00. The Morgan fingerprint density at radius 1 is 1.06 bits per heavy atom. The molecule has 1 aliphatic carbocycles. The van der Waals surface area contributed by atoms with Crippen molar-refractivity contribution < 1.29 is 8.85 Å². The molecule has 0 amide bonds. The van der Waals surface area contributed by atoms with E-state index in [1.165, 1.54) is 44.9 Å². The Hall–Kier alpha value is 0.137. The average Bonchev–Trinajstić information content (AvgIpc) is 2.32. The molecule has 1 rings (SSSR count). The van der Waals surface area contributed by atoms with Gasteiger partial charge in [0.05, 0.1) is 0 Å². The lowest BCUT2D eigenvalue weighted by Crippen LogP contribution is -2.54. The summed E-state index contributed by atoms with van der Waals surface area (Å²) in [5.41, 5.74) is 0.688. The molecular weight excluding hydrogens is 228 g/mol. The second-order valence-electron chi connectivity index (χ2n) is 6.04. The van der Waals surface area contributed by atoms with E-state index in [0.717, 1.165) is 0 Å². The maximum Gasteiger partial charge on any atom is 0.346 e. The van der Waals surface area contributed by atoms with Gasteiger partial charge in [-0.2, -0.15) is 0 Å². The van der Waals surface area contributed by atoms with Crippen LogP contribution in [0.3, 0.4) is 0 Å². The van der Waals surface area contributed by atoms with Crippen molar-refractivity contribution in [2.45, 2.75) is 76.3 Å². The van der Waals surface area contributed by atoms with Crippen LogP contribution in [0, 0.1) is 0 Å². The molecule has 1 aliphatic rings. The van der Waals surface area contributed by atoms with E-state index >= 15 is 0 Å². The molecule has 0 N–H and O–H groups in total. The summed E-state index contributed by atoms with van der Waals surface area (Å²) in [6.45, 7) is 6.96. The fourth-order valence-corrected chi connectivity index (χ4v) is 8.61. The number of hydrogen-bond donors (Lipinski definition) is 0. The molecule has 0 aromatic heterocycles.